The van der Waals surface area contributed by atoms with E-state index in [9.17, 15) is 0 Å². The molecule has 0 heterocycles. The third kappa shape index (κ3) is 6.72. The fourth-order valence-corrected chi connectivity index (χ4v) is 2.59. The zero-order valence-corrected chi connectivity index (χ0v) is 11.4. The standard InChI is InChI=1S/C11H23IO/c1-4-6-8-11(12,10-13-3)9-7-5-2/h4-10H2,1-3H3. The number of unbranched alkanes of at least 4 members (excludes halogenated alkanes) is 2. The zero-order valence-electron chi connectivity index (χ0n) is 9.24. The van der Waals surface area contributed by atoms with Gasteiger partial charge in [0.2, 0.25) is 0 Å². The van der Waals surface area contributed by atoms with Crippen molar-refractivity contribution in [2.75, 3.05) is 13.7 Å². The average Bonchev–Trinajstić information content (AvgIpc) is 2.12. The lowest BCUT2D eigenvalue weighted by Gasteiger charge is -2.26. The molecule has 13 heavy (non-hydrogen) atoms. The molecule has 2 heteroatoms. The van der Waals surface area contributed by atoms with Crippen molar-refractivity contribution in [2.24, 2.45) is 0 Å². The summed E-state index contributed by atoms with van der Waals surface area (Å²) in [7, 11) is 1.81. The molecule has 0 aromatic carbocycles. The molecule has 0 fully saturated rings. The summed E-state index contributed by atoms with van der Waals surface area (Å²) >= 11 is 2.60. The van der Waals surface area contributed by atoms with Crippen LogP contribution in [-0.2, 0) is 4.74 Å². The Morgan fingerprint density at radius 2 is 1.54 bits per heavy atom. The molecule has 0 radical (unpaired) electrons. The fourth-order valence-electron chi connectivity index (χ4n) is 1.52. The van der Waals surface area contributed by atoms with Crippen molar-refractivity contribution in [1.29, 1.82) is 0 Å². The van der Waals surface area contributed by atoms with Gasteiger partial charge in [-0.15, -0.1) is 0 Å². The molecule has 0 atom stereocenters. The Bertz CT molecular complexity index is 107. The Morgan fingerprint density at radius 3 is 1.85 bits per heavy atom. The minimum Gasteiger partial charge on any atom is -0.383 e. The van der Waals surface area contributed by atoms with E-state index in [4.69, 9.17) is 4.74 Å². The van der Waals surface area contributed by atoms with Crippen LogP contribution in [0.15, 0.2) is 0 Å². The van der Waals surface area contributed by atoms with Crippen LogP contribution in [0.1, 0.15) is 52.4 Å². The first-order valence-electron chi connectivity index (χ1n) is 5.36. The van der Waals surface area contributed by atoms with Gasteiger partial charge in [0.05, 0.1) is 6.61 Å². The molecule has 0 amide bonds. The Balaban J connectivity index is 3.84. The van der Waals surface area contributed by atoms with E-state index in [1.807, 2.05) is 7.11 Å². The lowest BCUT2D eigenvalue weighted by Crippen LogP contribution is -2.26. The molecule has 0 unspecified atom stereocenters. The Labute approximate surface area is 96.8 Å². The molecular formula is C11H23IO. The Hall–Kier alpha value is 0.690. The number of hydrogen-bond donors (Lipinski definition) is 0. The van der Waals surface area contributed by atoms with Gasteiger partial charge in [-0.2, -0.15) is 0 Å². The summed E-state index contributed by atoms with van der Waals surface area (Å²) in [6.07, 6.45) is 7.85. The third-order valence-corrected chi connectivity index (χ3v) is 3.75. The van der Waals surface area contributed by atoms with Gasteiger partial charge < -0.3 is 4.74 Å². The van der Waals surface area contributed by atoms with E-state index in [0.717, 1.165) is 6.61 Å². The topological polar surface area (TPSA) is 9.23 Å². The van der Waals surface area contributed by atoms with E-state index < -0.39 is 0 Å². The van der Waals surface area contributed by atoms with Crippen molar-refractivity contribution in [3.63, 3.8) is 0 Å². The molecule has 0 saturated heterocycles. The monoisotopic (exact) mass is 298 g/mol. The van der Waals surface area contributed by atoms with E-state index in [0.29, 0.717) is 3.42 Å². The summed E-state index contributed by atoms with van der Waals surface area (Å²) in [6.45, 7) is 5.42. The maximum atomic E-state index is 5.29. The van der Waals surface area contributed by atoms with Crippen LogP contribution in [0.2, 0.25) is 0 Å². The molecule has 0 aromatic heterocycles. The third-order valence-electron chi connectivity index (χ3n) is 2.36. The highest BCUT2D eigenvalue weighted by Crippen LogP contribution is 2.31. The second-order valence-corrected chi connectivity index (χ2v) is 6.08. The highest BCUT2D eigenvalue weighted by molar-refractivity contribution is 14.1. The number of alkyl halides is 1. The summed E-state index contributed by atoms with van der Waals surface area (Å²) in [5, 5.41) is 0. The number of methoxy groups -OCH3 is 1. The quantitative estimate of drug-likeness (QED) is 0.482. The summed E-state index contributed by atoms with van der Waals surface area (Å²) in [6, 6.07) is 0. The molecule has 0 N–H and O–H groups in total. The number of ether oxygens (including phenoxy) is 1. The van der Waals surface area contributed by atoms with E-state index in [-0.39, 0.29) is 0 Å². The van der Waals surface area contributed by atoms with Gasteiger partial charge in [-0.3, -0.25) is 0 Å². The SMILES string of the molecule is CCCCC(I)(CCCC)COC. The van der Waals surface area contributed by atoms with Crippen molar-refractivity contribution < 1.29 is 4.74 Å². The summed E-state index contributed by atoms with van der Waals surface area (Å²) < 4.78 is 5.69. The fraction of sp³-hybridized carbons (Fsp3) is 1.00. The zero-order chi connectivity index (χ0) is 10.2. The molecule has 0 saturated carbocycles. The molecule has 0 aliphatic carbocycles. The smallest absolute Gasteiger partial charge is 0.0608 e. The van der Waals surface area contributed by atoms with Gasteiger partial charge >= 0.3 is 0 Å². The van der Waals surface area contributed by atoms with Crippen LogP contribution >= 0.6 is 22.6 Å². The second-order valence-electron chi connectivity index (χ2n) is 3.79. The predicted octanol–water partition coefficient (Wildman–Crippen LogP) is 4.19. The van der Waals surface area contributed by atoms with Gasteiger partial charge in [-0.05, 0) is 12.8 Å². The minimum absolute atomic E-state index is 0.401. The highest BCUT2D eigenvalue weighted by atomic mass is 127. The summed E-state index contributed by atoms with van der Waals surface area (Å²) in [4.78, 5) is 0. The average molecular weight is 298 g/mol. The molecule has 0 spiro atoms. The first kappa shape index (κ1) is 13.7. The maximum Gasteiger partial charge on any atom is 0.0608 e. The first-order valence-corrected chi connectivity index (χ1v) is 6.44. The summed E-state index contributed by atoms with van der Waals surface area (Å²) in [5.74, 6) is 0. The number of rotatable bonds is 8. The van der Waals surface area contributed by atoms with Crippen LogP contribution in [0, 0.1) is 0 Å². The molecule has 80 valence electrons. The molecule has 0 rings (SSSR count). The highest BCUT2D eigenvalue weighted by Gasteiger charge is 2.24. The maximum absolute atomic E-state index is 5.29. The van der Waals surface area contributed by atoms with Crippen molar-refractivity contribution in [3.8, 4) is 0 Å². The van der Waals surface area contributed by atoms with Crippen molar-refractivity contribution in [1.82, 2.24) is 0 Å². The van der Waals surface area contributed by atoms with Gasteiger partial charge in [-0.25, -0.2) is 0 Å². The molecular weight excluding hydrogens is 275 g/mol. The van der Waals surface area contributed by atoms with Gasteiger partial charge in [0.15, 0.2) is 0 Å². The van der Waals surface area contributed by atoms with E-state index in [1.54, 1.807) is 0 Å². The van der Waals surface area contributed by atoms with Gasteiger partial charge in [0.25, 0.3) is 0 Å². The Morgan fingerprint density at radius 1 is 1.08 bits per heavy atom. The van der Waals surface area contributed by atoms with Crippen LogP contribution < -0.4 is 0 Å². The Kier molecular flexibility index (Phi) is 8.46. The van der Waals surface area contributed by atoms with E-state index in [1.165, 1.54) is 38.5 Å². The van der Waals surface area contributed by atoms with Crippen LogP contribution in [-0.4, -0.2) is 17.1 Å². The number of halogens is 1. The van der Waals surface area contributed by atoms with Crippen LogP contribution in [0.25, 0.3) is 0 Å². The molecule has 0 aliphatic heterocycles. The van der Waals surface area contributed by atoms with Crippen LogP contribution in [0.5, 0.6) is 0 Å². The largest absolute Gasteiger partial charge is 0.383 e. The van der Waals surface area contributed by atoms with Crippen molar-refractivity contribution in [2.45, 2.75) is 55.8 Å². The lowest BCUT2D eigenvalue weighted by atomic mass is 9.97. The van der Waals surface area contributed by atoms with E-state index in [2.05, 4.69) is 36.4 Å². The van der Waals surface area contributed by atoms with Crippen LogP contribution in [0.3, 0.4) is 0 Å². The minimum atomic E-state index is 0.401. The second kappa shape index (κ2) is 8.04. The molecule has 1 nitrogen and oxygen atoms in total. The predicted molar refractivity (Wildman–Crippen MR) is 67.7 cm³/mol. The van der Waals surface area contributed by atoms with Crippen molar-refractivity contribution in [3.05, 3.63) is 0 Å². The van der Waals surface area contributed by atoms with E-state index >= 15 is 0 Å². The lowest BCUT2D eigenvalue weighted by molar-refractivity contribution is 0.163. The van der Waals surface area contributed by atoms with Gasteiger partial charge in [0, 0.05) is 10.5 Å². The molecule has 0 bridgehead atoms. The number of hydrogen-bond acceptors (Lipinski definition) is 1. The molecule has 0 aliphatic rings. The molecule has 0 aromatic rings. The van der Waals surface area contributed by atoms with Crippen molar-refractivity contribution >= 4 is 22.6 Å². The normalized spacial score (nSPS) is 12.0. The van der Waals surface area contributed by atoms with Gasteiger partial charge in [0.1, 0.15) is 0 Å². The van der Waals surface area contributed by atoms with Gasteiger partial charge in [-0.1, -0.05) is 62.1 Å². The first-order chi connectivity index (χ1) is 6.18. The van der Waals surface area contributed by atoms with Crippen LogP contribution in [0.4, 0.5) is 0 Å². The summed E-state index contributed by atoms with van der Waals surface area (Å²) in [5.41, 5.74) is 0.